The van der Waals surface area contributed by atoms with Gasteiger partial charge in [0.15, 0.2) is 0 Å². The zero-order valence-electron chi connectivity index (χ0n) is 9.37. The van der Waals surface area contributed by atoms with E-state index in [1.54, 1.807) is 0 Å². The van der Waals surface area contributed by atoms with Gasteiger partial charge in [-0.2, -0.15) is 0 Å². The van der Waals surface area contributed by atoms with Crippen molar-refractivity contribution in [3.8, 4) is 0 Å². The highest BCUT2D eigenvalue weighted by Gasteiger charge is 2.17. The van der Waals surface area contributed by atoms with Crippen LogP contribution in [0.5, 0.6) is 0 Å². The summed E-state index contributed by atoms with van der Waals surface area (Å²) in [5.74, 6) is 0. The van der Waals surface area contributed by atoms with Gasteiger partial charge >= 0.3 is 5.69 Å². The number of hydrogen-bond acceptors (Lipinski definition) is 2. The van der Waals surface area contributed by atoms with Crippen LogP contribution >= 0.6 is 15.9 Å². The number of halogens is 1. The fourth-order valence-corrected chi connectivity index (χ4v) is 2.91. The van der Waals surface area contributed by atoms with Gasteiger partial charge in [0, 0.05) is 17.1 Å². The molecule has 0 bridgehead atoms. The SMILES string of the molecule is O=c1[nH]c2c(Br)cccc2n1CC1CCCN1. The van der Waals surface area contributed by atoms with Crippen molar-refractivity contribution in [2.24, 2.45) is 0 Å². The maximum atomic E-state index is 11.9. The largest absolute Gasteiger partial charge is 0.326 e. The Bertz CT molecular complexity index is 595. The van der Waals surface area contributed by atoms with E-state index in [4.69, 9.17) is 0 Å². The second-order valence-corrected chi connectivity index (χ2v) is 5.32. The Morgan fingerprint density at radius 1 is 1.47 bits per heavy atom. The first-order valence-corrected chi connectivity index (χ1v) is 6.65. The van der Waals surface area contributed by atoms with Gasteiger partial charge in [-0.25, -0.2) is 4.79 Å². The van der Waals surface area contributed by atoms with Crippen LogP contribution in [0.1, 0.15) is 12.8 Å². The molecule has 0 saturated carbocycles. The molecule has 1 aliphatic heterocycles. The van der Waals surface area contributed by atoms with Crippen LogP contribution in [0.25, 0.3) is 11.0 Å². The van der Waals surface area contributed by atoms with Crippen molar-refractivity contribution in [2.75, 3.05) is 6.54 Å². The molecule has 0 spiro atoms. The van der Waals surface area contributed by atoms with E-state index in [1.807, 2.05) is 22.8 Å². The third-order valence-electron chi connectivity index (χ3n) is 3.32. The van der Waals surface area contributed by atoms with E-state index in [-0.39, 0.29) is 5.69 Å². The predicted octanol–water partition coefficient (Wildman–Crippen LogP) is 1.84. The van der Waals surface area contributed by atoms with Gasteiger partial charge in [-0.15, -0.1) is 0 Å². The minimum Gasteiger partial charge on any atom is -0.312 e. The van der Waals surface area contributed by atoms with E-state index >= 15 is 0 Å². The van der Waals surface area contributed by atoms with Crippen molar-refractivity contribution >= 4 is 27.0 Å². The lowest BCUT2D eigenvalue weighted by Gasteiger charge is -2.10. The summed E-state index contributed by atoms with van der Waals surface area (Å²) in [4.78, 5) is 14.8. The summed E-state index contributed by atoms with van der Waals surface area (Å²) in [7, 11) is 0. The second-order valence-electron chi connectivity index (χ2n) is 4.47. The van der Waals surface area contributed by atoms with E-state index in [0.29, 0.717) is 6.04 Å². The first-order valence-electron chi connectivity index (χ1n) is 5.86. The highest BCUT2D eigenvalue weighted by molar-refractivity contribution is 9.10. The van der Waals surface area contributed by atoms with E-state index in [9.17, 15) is 4.79 Å². The lowest BCUT2D eigenvalue weighted by Crippen LogP contribution is -2.31. The summed E-state index contributed by atoms with van der Waals surface area (Å²) in [6.07, 6.45) is 2.35. The molecule has 17 heavy (non-hydrogen) atoms. The van der Waals surface area contributed by atoms with Gasteiger partial charge in [-0.3, -0.25) is 4.57 Å². The molecule has 0 radical (unpaired) electrons. The summed E-state index contributed by atoms with van der Waals surface area (Å²) in [5.41, 5.74) is 1.83. The molecule has 3 rings (SSSR count). The van der Waals surface area contributed by atoms with Gasteiger partial charge in [0.2, 0.25) is 0 Å². The van der Waals surface area contributed by atoms with Gasteiger partial charge in [0.25, 0.3) is 0 Å². The fraction of sp³-hybridized carbons (Fsp3) is 0.417. The van der Waals surface area contributed by atoms with Crippen LogP contribution in [0.4, 0.5) is 0 Å². The average Bonchev–Trinajstić information content (AvgIpc) is 2.91. The van der Waals surface area contributed by atoms with Crippen molar-refractivity contribution in [1.29, 1.82) is 0 Å². The Balaban J connectivity index is 2.06. The van der Waals surface area contributed by atoms with E-state index < -0.39 is 0 Å². The molecule has 2 aromatic rings. The van der Waals surface area contributed by atoms with Crippen LogP contribution in [0, 0.1) is 0 Å². The Labute approximate surface area is 107 Å². The molecule has 2 N–H and O–H groups in total. The second kappa shape index (κ2) is 4.31. The molecule has 1 atom stereocenters. The number of aromatic nitrogens is 2. The number of para-hydroxylation sites is 1. The molecule has 0 aliphatic carbocycles. The maximum absolute atomic E-state index is 11.9. The normalized spacial score (nSPS) is 20.2. The van der Waals surface area contributed by atoms with Gasteiger partial charge in [0.1, 0.15) is 0 Å². The standard InChI is InChI=1S/C12H14BrN3O/c13-9-4-1-5-10-11(9)15-12(17)16(10)7-8-3-2-6-14-8/h1,4-5,8,14H,2-3,6-7H2,(H,15,17). The van der Waals surface area contributed by atoms with Crippen LogP contribution in [0.3, 0.4) is 0 Å². The molecule has 1 aliphatic rings. The number of nitrogens with zero attached hydrogens (tertiary/aromatic N) is 1. The van der Waals surface area contributed by atoms with Crippen LogP contribution in [-0.2, 0) is 6.54 Å². The van der Waals surface area contributed by atoms with E-state index in [0.717, 1.165) is 35.0 Å². The molecule has 90 valence electrons. The Morgan fingerprint density at radius 3 is 3.12 bits per heavy atom. The minimum atomic E-state index is -0.0272. The number of fused-ring (bicyclic) bond motifs is 1. The minimum absolute atomic E-state index is 0.0272. The van der Waals surface area contributed by atoms with Gasteiger partial charge in [-0.05, 0) is 47.4 Å². The van der Waals surface area contributed by atoms with Crippen molar-refractivity contribution in [3.05, 3.63) is 33.2 Å². The van der Waals surface area contributed by atoms with Crippen LogP contribution in [-0.4, -0.2) is 22.1 Å². The molecular weight excluding hydrogens is 282 g/mol. The lowest BCUT2D eigenvalue weighted by molar-refractivity contribution is 0.509. The molecule has 1 aromatic carbocycles. The molecular formula is C12H14BrN3O. The molecule has 4 nitrogen and oxygen atoms in total. The Morgan fingerprint density at radius 2 is 2.35 bits per heavy atom. The van der Waals surface area contributed by atoms with Gasteiger partial charge in [-0.1, -0.05) is 6.07 Å². The van der Waals surface area contributed by atoms with Crippen molar-refractivity contribution in [3.63, 3.8) is 0 Å². The molecule has 1 unspecified atom stereocenters. The van der Waals surface area contributed by atoms with Crippen molar-refractivity contribution < 1.29 is 0 Å². The van der Waals surface area contributed by atoms with Crippen LogP contribution < -0.4 is 11.0 Å². The summed E-state index contributed by atoms with van der Waals surface area (Å²) in [5, 5.41) is 3.42. The predicted molar refractivity (Wildman–Crippen MR) is 71.3 cm³/mol. The lowest BCUT2D eigenvalue weighted by atomic mass is 10.2. The number of benzene rings is 1. The molecule has 1 saturated heterocycles. The Hall–Kier alpha value is -1.07. The topological polar surface area (TPSA) is 49.8 Å². The molecule has 1 aromatic heterocycles. The molecule has 0 amide bonds. The molecule has 1 fully saturated rings. The highest BCUT2D eigenvalue weighted by Crippen LogP contribution is 2.21. The first-order chi connectivity index (χ1) is 8.25. The average molecular weight is 296 g/mol. The smallest absolute Gasteiger partial charge is 0.312 e. The number of H-pyrrole nitrogens is 1. The fourth-order valence-electron chi connectivity index (χ4n) is 2.46. The Kier molecular flexibility index (Phi) is 2.80. The number of hydrogen-bond donors (Lipinski definition) is 2. The number of rotatable bonds is 2. The molecule has 2 heterocycles. The first kappa shape index (κ1) is 11.0. The zero-order chi connectivity index (χ0) is 11.8. The summed E-state index contributed by atoms with van der Waals surface area (Å²) >= 11 is 3.46. The number of nitrogens with one attached hydrogen (secondary N) is 2. The van der Waals surface area contributed by atoms with E-state index in [1.165, 1.54) is 6.42 Å². The van der Waals surface area contributed by atoms with Gasteiger partial charge in [0.05, 0.1) is 11.0 Å². The van der Waals surface area contributed by atoms with Crippen molar-refractivity contribution in [1.82, 2.24) is 14.9 Å². The monoisotopic (exact) mass is 295 g/mol. The maximum Gasteiger partial charge on any atom is 0.326 e. The highest BCUT2D eigenvalue weighted by atomic mass is 79.9. The summed E-state index contributed by atoms with van der Waals surface area (Å²) in [6.45, 7) is 1.81. The van der Waals surface area contributed by atoms with Crippen LogP contribution in [0.2, 0.25) is 0 Å². The van der Waals surface area contributed by atoms with E-state index in [2.05, 4.69) is 26.2 Å². The number of imidazole rings is 1. The zero-order valence-corrected chi connectivity index (χ0v) is 11.0. The summed E-state index contributed by atoms with van der Waals surface area (Å²) in [6, 6.07) is 6.30. The summed E-state index contributed by atoms with van der Waals surface area (Å²) < 4.78 is 2.76. The third-order valence-corrected chi connectivity index (χ3v) is 3.99. The quantitative estimate of drug-likeness (QED) is 0.888. The van der Waals surface area contributed by atoms with Gasteiger partial charge < -0.3 is 10.3 Å². The van der Waals surface area contributed by atoms with Crippen LogP contribution in [0.15, 0.2) is 27.5 Å². The van der Waals surface area contributed by atoms with Crippen molar-refractivity contribution in [2.45, 2.75) is 25.4 Å². The molecule has 5 heteroatoms. The number of aromatic amines is 1. The third kappa shape index (κ3) is 1.93.